The Morgan fingerprint density at radius 1 is 1.00 bits per heavy atom. The first-order valence-corrected chi connectivity index (χ1v) is 12.9. The molecule has 1 atom stereocenters. The van der Waals surface area contributed by atoms with E-state index in [1.165, 1.54) is 10.6 Å². The Kier molecular flexibility index (Phi) is 9.28. The molecule has 0 aromatic heterocycles. The third-order valence-electron chi connectivity index (χ3n) is 5.39. The standard InChI is InChI=1S/C20H37N5O6S/c1-20(2,3)31-19(28)22-8-7-21-18(27)16-6-5-9-23(14-16)15-17(26)24-10-12-25(13-11-24)32(4,29)30/h16H,5-15H2,1-4H3,(H,21,27)(H,22,28). The van der Waals surface area contributed by atoms with Gasteiger partial charge in [-0.05, 0) is 40.2 Å². The number of piperidine rings is 1. The van der Waals surface area contributed by atoms with Crippen LogP contribution in [0.3, 0.4) is 0 Å². The van der Waals surface area contributed by atoms with Crippen LogP contribution in [0.4, 0.5) is 4.79 Å². The van der Waals surface area contributed by atoms with Crippen LogP contribution in [0.2, 0.25) is 0 Å². The van der Waals surface area contributed by atoms with Crippen LogP contribution < -0.4 is 10.6 Å². The molecule has 184 valence electrons. The number of ether oxygens (including phenoxy) is 1. The number of hydrogen-bond donors (Lipinski definition) is 2. The first-order valence-electron chi connectivity index (χ1n) is 11.0. The zero-order valence-electron chi connectivity index (χ0n) is 19.6. The van der Waals surface area contributed by atoms with E-state index >= 15 is 0 Å². The van der Waals surface area contributed by atoms with Gasteiger partial charge in [0.1, 0.15) is 5.60 Å². The summed E-state index contributed by atoms with van der Waals surface area (Å²) in [5.41, 5.74) is -0.572. The molecule has 2 fully saturated rings. The smallest absolute Gasteiger partial charge is 0.407 e. The predicted molar refractivity (Wildman–Crippen MR) is 119 cm³/mol. The van der Waals surface area contributed by atoms with Crippen molar-refractivity contribution in [1.82, 2.24) is 24.7 Å². The van der Waals surface area contributed by atoms with Crippen LogP contribution in [0.5, 0.6) is 0 Å². The van der Waals surface area contributed by atoms with E-state index in [-0.39, 0.29) is 30.8 Å². The van der Waals surface area contributed by atoms with Crippen LogP contribution in [-0.2, 0) is 24.3 Å². The molecule has 2 heterocycles. The highest BCUT2D eigenvalue weighted by Crippen LogP contribution is 2.17. The minimum atomic E-state index is -3.23. The van der Waals surface area contributed by atoms with Gasteiger partial charge in [0, 0.05) is 45.8 Å². The molecule has 2 saturated heterocycles. The highest BCUT2D eigenvalue weighted by Gasteiger charge is 2.30. The summed E-state index contributed by atoms with van der Waals surface area (Å²) in [6.45, 7) is 8.79. The van der Waals surface area contributed by atoms with E-state index in [9.17, 15) is 22.8 Å². The van der Waals surface area contributed by atoms with Crippen molar-refractivity contribution in [2.24, 2.45) is 5.92 Å². The number of carbonyl (C=O) groups excluding carboxylic acids is 3. The molecule has 0 saturated carbocycles. The molecular formula is C20H37N5O6S. The topological polar surface area (TPSA) is 128 Å². The van der Waals surface area contributed by atoms with Crippen LogP contribution >= 0.6 is 0 Å². The van der Waals surface area contributed by atoms with Gasteiger partial charge < -0.3 is 20.3 Å². The van der Waals surface area contributed by atoms with E-state index in [0.29, 0.717) is 39.3 Å². The predicted octanol–water partition coefficient (Wildman–Crippen LogP) is -0.557. The Hall–Kier alpha value is -1.92. The first kappa shape index (κ1) is 26.3. The molecule has 0 aliphatic carbocycles. The number of piperazine rings is 1. The van der Waals surface area contributed by atoms with Gasteiger partial charge in [-0.1, -0.05) is 0 Å². The number of nitrogens with zero attached hydrogens (tertiary/aromatic N) is 3. The van der Waals surface area contributed by atoms with Crippen molar-refractivity contribution >= 4 is 27.9 Å². The molecule has 2 aliphatic rings. The zero-order chi connectivity index (χ0) is 23.9. The summed E-state index contributed by atoms with van der Waals surface area (Å²) in [4.78, 5) is 40.4. The van der Waals surface area contributed by atoms with E-state index in [1.54, 1.807) is 25.7 Å². The third kappa shape index (κ3) is 8.91. The molecule has 2 N–H and O–H groups in total. The fourth-order valence-electron chi connectivity index (χ4n) is 3.78. The van der Waals surface area contributed by atoms with Gasteiger partial charge in [-0.15, -0.1) is 0 Å². The lowest BCUT2D eigenvalue weighted by Gasteiger charge is -2.36. The molecule has 32 heavy (non-hydrogen) atoms. The lowest BCUT2D eigenvalue weighted by atomic mass is 9.97. The second kappa shape index (κ2) is 11.3. The van der Waals surface area contributed by atoms with Crippen molar-refractivity contribution in [2.45, 2.75) is 39.2 Å². The number of sulfonamides is 1. The summed E-state index contributed by atoms with van der Waals surface area (Å²) in [6.07, 6.45) is 2.23. The fraction of sp³-hybridized carbons (Fsp3) is 0.850. The average Bonchev–Trinajstić information content (AvgIpc) is 2.69. The van der Waals surface area contributed by atoms with Gasteiger partial charge in [-0.25, -0.2) is 13.2 Å². The van der Waals surface area contributed by atoms with E-state index < -0.39 is 21.7 Å². The van der Waals surface area contributed by atoms with Crippen molar-refractivity contribution in [3.63, 3.8) is 0 Å². The van der Waals surface area contributed by atoms with Crippen molar-refractivity contribution in [2.75, 3.05) is 65.2 Å². The van der Waals surface area contributed by atoms with E-state index in [4.69, 9.17) is 4.74 Å². The SMILES string of the molecule is CC(C)(C)OC(=O)NCCNC(=O)C1CCCN(CC(=O)N2CCN(S(C)(=O)=O)CC2)C1. The zero-order valence-corrected chi connectivity index (χ0v) is 20.4. The summed E-state index contributed by atoms with van der Waals surface area (Å²) >= 11 is 0. The highest BCUT2D eigenvalue weighted by atomic mass is 32.2. The van der Waals surface area contributed by atoms with Crippen molar-refractivity contribution in [3.8, 4) is 0 Å². The Bertz CT molecular complexity index is 774. The average molecular weight is 476 g/mol. The number of hydrogen-bond acceptors (Lipinski definition) is 7. The van der Waals surface area contributed by atoms with Gasteiger partial charge in [-0.3, -0.25) is 14.5 Å². The number of alkyl carbamates (subject to hydrolysis) is 1. The number of carbonyl (C=O) groups is 3. The Balaban J connectivity index is 1.70. The molecule has 0 aromatic rings. The maximum absolute atomic E-state index is 12.6. The van der Waals surface area contributed by atoms with Gasteiger partial charge in [0.15, 0.2) is 0 Å². The minimum Gasteiger partial charge on any atom is -0.444 e. The lowest BCUT2D eigenvalue weighted by molar-refractivity contribution is -0.135. The Labute approximate surface area is 190 Å². The molecule has 0 radical (unpaired) electrons. The highest BCUT2D eigenvalue weighted by molar-refractivity contribution is 7.88. The summed E-state index contributed by atoms with van der Waals surface area (Å²) in [6, 6.07) is 0. The van der Waals surface area contributed by atoms with E-state index in [1.807, 2.05) is 4.90 Å². The maximum atomic E-state index is 12.6. The molecule has 2 aliphatic heterocycles. The van der Waals surface area contributed by atoms with Crippen molar-refractivity contribution in [3.05, 3.63) is 0 Å². The number of amides is 3. The van der Waals surface area contributed by atoms with E-state index in [0.717, 1.165) is 19.4 Å². The normalized spacial score (nSPS) is 21.1. The summed E-state index contributed by atoms with van der Waals surface area (Å²) in [5.74, 6) is -0.337. The first-order chi connectivity index (χ1) is 14.8. The molecule has 3 amide bonds. The number of likely N-dealkylation sites (tertiary alicyclic amines) is 1. The molecule has 0 bridgehead atoms. The maximum Gasteiger partial charge on any atom is 0.407 e. The minimum absolute atomic E-state index is 0.0410. The molecule has 1 unspecified atom stereocenters. The monoisotopic (exact) mass is 475 g/mol. The van der Waals surface area contributed by atoms with Crippen LogP contribution in [0.1, 0.15) is 33.6 Å². The Morgan fingerprint density at radius 2 is 1.62 bits per heavy atom. The second-order valence-corrected chi connectivity index (χ2v) is 11.3. The summed E-state index contributed by atoms with van der Waals surface area (Å²) < 4.78 is 29.8. The molecular weight excluding hydrogens is 438 g/mol. The molecule has 2 rings (SSSR count). The molecule has 11 nitrogen and oxygen atoms in total. The summed E-state index contributed by atoms with van der Waals surface area (Å²) in [7, 11) is -3.23. The molecule has 0 aromatic carbocycles. The van der Waals surface area contributed by atoms with Crippen LogP contribution in [-0.4, -0.2) is 111 Å². The van der Waals surface area contributed by atoms with Gasteiger partial charge in [-0.2, -0.15) is 4.31 Å². The van der Waals surface area contributed by atoms with E-state index in [2.05, 4.69) is 10.6 Å². The second-order valence-electron chi connectivity index (χ2n) is 9.34. The third-order valence-corrected chi connectivity index (χ3v) is 6.69. The van der Waals surface area contributed by atoms with Gasteiger partial charge in [0.25, 0.3) is 0 Å². The number of rotatable bonds is 7. The lowest BCUT2D eigenvalue weighted by Crippen LogP contribution is -2.53. The van der Waals surface area contributed by atoms with Crippen molar-refractivity contribution in [1.29, 1.82) is 0 Å². The van der Waals surface area contributed by atoms with Crippen molar-refractivity contribution < 1.29 is 27.5 Å². The van der Waals surface area contributed by atoms with Crippen LogP contribution in [0.15, 0.2) is 0 Å². The summed E-state index contributed by atoms with van der Waals surface area (Å²) in [5, 5.41) is 5.44. The number of nitrogens with one attached hydrogen (secondary N) is 2. The van der Waals surface area contributed by atoms with Crippen LogP contribution in [0, 0.1) is 5.92 Å². The van der Waals surface area contributed by atoms with Gasteiger partial charge in [0.2, 0.25) is 21.8 Å². The quantitative estimate of drug-likeness (QED) is 0.473. The molecule has 0 spiro atoms. The van der Waals surface area contributed by atoms with Gasteiger partial charge >= 0.3 is 6.09 Å². The van der Waals surface area contributed by atoms with Crippen LogP contribution in [0.25, 0.3) is 0 Å². The van der Waals surface area contributed by atoms with Gasteiger partial charge in [0.05, 0.1) is 18.7 Å². The Morgan fingerprint density at radius 3 is 2.22 bits per heavy atom. The largest absolute Gasteiger partial charge is 0.444 e. The fourth-order valence-corrected chi connectivity index (χ4v) is 4.61. The molecule has 12 heteroatoms.